The summed E-state index contributed by atoms with van der Waals surface area (Å²) < 4.78 is 17.4. The van der Waals surface area contributed by atoms with Gasteiger partial charge in [-0.1, -0.05) is 18.2 Å². The molecule has 0 saturated carbocycles. The summed E-state index contributed by atoms with van der Waals surface area (Å²) in [5.41, 5.74) is 0.511. The number of rotatable bonds is 10. The molecule has 0 aliphatic rings. The molecule has 0 saturated heterocycles. The number of carbonyl (C=O) groups excluding carboxylic acids is 1. The lowest BCUT2D eigenvalue weighted by Crippen LogP contribution is -2.32. The second-order valence-corrected chi connectivity index (χ2v) is 7.28. The van der Waals surface area contributed by atoms with E-state index in [1.54, 1.807) is 56.3 Å². The van der Waals surface area contributed by atoms with Gasteiger partial charge in [0.05, 0.1) is 30.3 Å². The maximum absolute atomic E-state index is 12.7. The standard InChI is InChI=1S/C25H27N3O6/c1-5-10-18-13-17(14-21(32-6-2)22(18)34-16(4)24(30)33-7-3)15-26-28-23(29)19-11-8-9-12-20(19)27-25(28)31/h5,8-9,11-16H,1,6-7,10H2,2-4H3,(H,27,31). The SMILES string of the molecule is C=CCc1cc(C=Nn2c(=O)[nH]c3ccccc3c2=O)cc(OCC)c1OC(C)C(=O)OCC. The normalized spacial score (nSPS) is 12.0. The monoisotopic (exact) mass is 465 g/mol. The van der Waals surface area contributed by atoms with Crippen LogP contribution in [0.3, 0.4) is 0 Å². The van der Waals surface area contributed by atoms with E-state index < -0.39 is 23.3 Å². The summed E-state index contributed by atoms with van der Waals surface area (Å²) >= 11 is 0. The molecular formula is C25H27N3O6. The first-order valence-electron chi connectivity index (χ1n) is 10.9. The van der Waals surface area contributed by atoms with Gasteiger partial charge < -0.3 is 19.2 Å². The van der Waals surface area contributed by atoms with Crippen molar-refractivity contribution < 1.29 is 19.0 Å². The summed E-state index contributed by atoms with van der Waals surface area (Å²) in [4.78, 5) is 39.8. The number of para-hydroxylation sites is 1. The van der Waals surface area contributed by atoms with E-state index in [1.807, 2.05) is 6.92 Å². The highest BCUT2D eigenvalue weighted by molar-refractivity contribution is 5.82. The Balaban J connectivity index is 2.04. The molecule has 9 heteroatoms. The van der Waals surface area contributed by atoms with Crippen molar-refractivity contribution in [3.05, 3.63) is 81.0 Å². The topological polar surface area (TPSA) is 112 Å². The van der Waals surface area contributed by atoms with Crippen LogP contribution in [0.25, 0.3) is 10.9 Å². The molecule has 1 aromatic heterocycles. The molecule has 0 radical (unpaired) electrons. The zero-order valence-electron chi connectivity index (χ0n) is 19.4. The zero-order valence-corrected chi connectivity index (χ0v) is 19.4. The molecule has 1 heterocycles. The van der Waals surface area contributed by atoms with Gasteiger partial charge in [0, 0.05) is 5.56 Å². The van der Waals surface area contributed by atoms with Crippen molar-refractivity contribution in [2.24, 2.45) is 5.10 Å². The number of nitrogens with zero attached hydrogens (tertiary/aromatic N) is 2. The van der Waals surface area contributed by atoms with Gasteiger partial charge in [-0.25, -0.2) is 9.59 Å². The van der Waals surface area contributed by atoms with Gasteiger partial charge in [0.15, 0.2) is 17.6 Å². The number of allylic oxidation sites excluding steroid dienone is 1. The Morgan fingerprint density at radius 1 is 1.21 bits per heavy atom. The minimum Gasteiger partial charge on any atom is -0.490 e. The summed E-state index contributed by atoms with van der Waals surface area (Å²) in [6.07, 6.45) is 2.64. The lowest BCUT2D eigenvalue weighted by atomic mass is 10.1. The van der Waals surface area contributed by atoms with Crippen molar-refractivity contribution in [3.63, 3.8) is 0 Å². The molecule has 3 rings (SSSR count). The average molecular weight is 466 g/mol. The van der Waals surface area contributed by atoms with E-state index in [1.165, 1.54) is 6.21 Å². The highest BCUT2D eigenvalue weighted by Gasteiger charge is 2.21. The van der Waals surface area contributed by atoms with Gasteiger partial charge in [0.25, 0.3) is 5.56 Å². The third kappa shape index (κ3) is 5.43. The van der Waals surface area contributed by atoms with Crippen LogP contribution < -0.4 is 20.7 Å². The molecule has 0 amide bonds. The molecule has 2 aromatic carbocycles. The summed E-state index contributed by atoms with van der Waals surface area (Å²) in [7, 11) is 0. The molecule has 9 nitrogen and oxygen atoms in total. The maximum atomic E-state index is 12.7. The number of fused-ring (bicyclic) bond motifs is 1. The Kier molecular flexibility index (Phi) is 8.02. The van der Waals surface area contributed by atoms with Crippen LogP contribution >= 0.6 is 0 Å². The Labute approximate surface area is 196 Å². The number of benzene rings is 2. The van der Waals surface area contributed by atoms with Crippen molar-refractivity contribution in [1.29, 1.82) is 0 Å². The van der Waals surface area contributed by atoms with Crippen molar-refractivity contribution in [1.82, 2.24) is 9.66 Å². The molecule has 1 unspecified atom stereocenters. The second-order valence-electron chi connectivity index (χ2n) is 7.28. The van der Waals surface area contributed by atoms with Gasteiger partial charge in [0.1, 0.15) is 0 Å². The van der Waals surface area contributed by atoms with Crippen LogP contribution in [0.2, 0.25) is 0 Å². The van der Waals surface area contributed by atoms with Crippen LogP contribution in [0.5, 0.6) is 11.5 Å². The summed E-state index contributed by atoms with van der Waals surface area (Å²) in [6.45, 7) is 9.51. The van der Waals surface area contributed by atoms with Crippen LogP contribution in [0, 0.1) is 0 Å². The van der Waals surface area contributed by atoms with Gasteiger partial charge in [-0.15, -0.1) is 11.3 Å². The van der Waals surface area contributed by atoms with E-state index >= 15 is 0 Å². The molecule has 0 fully saturated rings. The van der Waals surface area contributed by atoms with E-state index in [0.717, 1.165) is 4.68 Å². The van der Waals surface area contributed by atoms with Gasteiger partial charge >= 0.3 is 11.7 Å². The van der Waals surface area contributed by atoms with Crippen LogP contribution in [0.15, 0.2) is 63.7 Å². The van der Waals surface area contributed by atoms with E-state index in [0.29, 0.717) is 46.6 Å². The fourth-order valence-corrected chi connectivity index (χ4v) is 3.33. The van der Waals surface area contributed by atoms with Crippen molar-refractivity contribution >= 4 is 23.1 Å². The van der Waals surface area contributed by atoms with Crippen LogP contribution in [-0.4, -0.2) is 41.2 Å². The van der Waals surface area contributed by atoms with E-state index in [4.69, 9.17) is 14.2 Å². The van der Waals surface area contributed by atoms with Crippen molar-refractivity contribution in [2.75, 3.05) is 13.2 Å². The summed E-state index contributed by atoms with van der Waals surface area (Å²) in [6, 6.07) is 10.1. The molecule has 0 bridgehead atoms. The Hall–Kier alpha value is -4.14. The zero-order chi connectivity index (χ0) is 24.7. The van der Waals surface area contributed by atoms with E-state index in [-0.39, 0.29) is 6.61 Å². The fraction of sp³-hybridized carbons (Fsp3) is 0.280. The van der Waals surface area contributed by atoms with Gasteiger partial charge in [0.2, 0.25) is 0 Å². The minimum absolute atomic E-state index is 0.243. The Bertz CT molecular complexity index is 1340. The molecule has 1 atom stereocenters. The Morgan fingerprint density at radius 2 is 1.97 bits per heavy atom. The quantitative estimate of drug-likeness (QED) is 0.280. The maximum Gasteiger partial charge on any atom is 0.349 e. The first kappa shape index (κ1) is 24.5. The number of nitrogens with one attached hydrogen (secondary N) is 1. The van der Waals surface area contributed by atoms with Crippen molar-refractivity contribution in [2.45, 2.75) is 33.3 Å². The van der Waals surface area contributed by atoms with E-state index in [2.05, 4.69) is 16.7 Å². The highest BCUT2D eigenvalue weighted by Crippen LogP contribution is 2.34. The minimum atomic E-state index is -0.850. The number of esters is 1. The number of H-pyrrole nitrogens is 1. The third-order valence-electron chi connectivity index (χ3n) is 4.84. The Morgan fingerprint density at radius 3 is 2.68 bits per heavy atom. The van der Waals surface area contributed by atoms with Crippen LogP contribution in [-0.2, 0) is 16.0 Å². The number of hydrogen-bond acceptors (Lipinski definition) is 7. The van der Waals surface area contributed by atoms with Crippen LogP contribution in [0.4, 0.5) is 0 Å². The first-order valence-corrected chi connectivity index (χ1v) is 10.9. The number of hydrogen-bond donors (Lipinski definition) is 1. The molecule has 34 heavy (non-hydrogen) atoms. The number of aromatic amines is 1. The molecule has 0 aliphatic carbocycles. The lowest BCUT2D eigenvalue weighted by molar-refractivity contribution is -0.150. The molecule has 3 aromatic rings. The second kappa shape index (κ2) is 11.1. The summed E-state index contributed by atoms with van der Waals surface area (Å²) in [5, 5.41) is 4.46. The van der Waals surface area contributed by atoms with Gasteiger partial charge in [-0.3, -0.25) is 4.79 Å². The van der Waals surface area contributed by atoms with Gasteiger partial charge in [-0.2, -0.15) is 5.10 Å². The summed E-state index contributed by atoms with van der Waals surface area (Å²) in [5.74, 6) is 0.287. The molecule has 0 spiro atoms. The molecular weight excluding hydrogens is 438 g/mol. The number of ether oxygens (including phenoxy) is 3. The third-order valence-corrected chi connectivity index (χ3v) is 4.84. The van der Waals surface area contributed by atoms with Gasteiger partial charge in [-0.05, 0) is 57.0 Å². The largest absolute Gasteiger partial charge is 0.490 e. The number of aromatic nitrogens is 2. The predicted octanol–water partition coefficient (Wildman–Crippen LogP) is 3.03. The molecule has 0 aliphatic heterocycles. The highest BCUT2D eigenvalue weighted by atomic mass is 16.6. The number of carbonyl (C=O) groups is 1. The lowest BCUT2D eigenvalue weighted by Gasteiger charge is -2.19. The molecule has 1 N–H and O–H groups in total. The first-order chi connectivity index (χ1) is 16.4. The molecule has 178 valence electrons. The van der Waals surface area contributed by atoms with E-state index in [9.17, 15) is 14.4 Å². The fourth-order valence-electron chi connectivity index (χ4n) is 3.33. The predicted molar refractivity (Wildman–Crippen MR) is 130 cm³/mol. The van der Waals surface area contributed by atoms with Crippen molar-refractivity contribution in [3.8, 4) is 11.5 Å². The smallest absolute Gasteiger partial charge is 0.349 e. The average Bonchev–Trinajstić information content (AvgIpc) is 2.81. The van der Waals surface area contributed by atoms with Crippen LogP contribution in [0.1, 0.15) is 31.9 Å².